The molecule has 7 heteroatoms. The second-order valence-electron chi connectivity index (χ2n) is 8.56. The largest absolute Gasteiger partial charge is 0.351 e. The van der Waals surface area contributed by atoms with E-state index in [1.807, 2.05) is 24.3 Å². The zero-order chi connectivity index (χ0) is 21.8. The van der Waals surface area contributed by atoms with Gasteiger partial charge in [0, 0.05) is 37.8 Å². The van der Waals surface area contributed by atoms with Crippen LogP contribution in [0.4, 0.5) is 0 Å². The van der Waals surface area contributed by atoms with Crippen LogP contribution in [0.3, 0.4) is 0 Å². The number of likely N-dealkylation sites (N-methyl/N-ethyl adjacent to an activating group) is 1. The smallest absolute Gasteiger partial charge is 0.251 e. The van der Waals surface area contributed by atoms with E-state index in [1.165, 1.54) is 41.6 Å². The van der Waals surface area contributed by atoms with E-state index in [9.17, 15) is 13.2 Å². The first kappa shape index (κ1) is 22.0. The van der Waals surface area contributed by atoms with Crippen molar-refractivity contribution in [2.24, 2.45) is 0 Å². The molecule has 1 N–H and O–H groups in total. The van der Waals surface area contributed by atoms with Gasteiger partial charge >= 0.3 is 0 Å². The van der Waals surface area contributed by atoms with Crippen molar-refractivity contribution in [3.63, 3.8) is 0 Å². The van der Waals surface area contributed by atoms with Gasteiger partial charge < -0.3 is 10.2 Å². The van der Waals surface area contributed by atoms with Crippen LogP contribution in [-0.2, 0) is 23.0 Å². The van der Waals surface area contributed by atoms with Gasteiger partial charge in [0.2, 0.25) is 10.0 Å². The van der Waals surface area contributed by atoms with Gasteiger partial charge in [0.05, 0.1) is 4.90 Å². The van der Waals surface area contributed by atoms with Crippen molar-refractivity contribution in [3.05, 3.63) is 65.2 Å². The second kappa shape index (κ2) is 9.51. The molecule has 2 aliphatic rings. The van der Waals surface area contributed by atoms with E-state index in [-0.39, 0.29) is 10.8 Å². The number of benzene rings is 2. The number of hydrogen-bond donors (Lipinski definition) is 1. The first-order valence-corrected chi connectivity index (χ1v) is 12.5. The summed E-state index contributed by atoms with van der Waals surface area (Å²) in [6.45, 7) is 2.15. The Morgan fingerprint density at radius 3 is 2.61 bits per heavy atom. The Hall–Kier alpha value is -2.22. The number of carbonyl (C=O) groups excluding carboxylic acids is 1. The Kier molecular flexibility index (Phi) is 6.74. The summed E-state index contributed by atoms with van der Waals surface area (Å²) in [7, 11) is -1.56. The molecule has 0 radical (unpaired) electrons. The summed E-state index contributed by atoms with van der Waals surface area (Å²) in [5.74, 6) is -0.235. The monoisotopic (exact) mass is 441 g/mol. The van der Waals surface area contributed by atoms with Crippen molar-refractivity contribution >= 4 is 15.9 Å². The van der Waals surface area contributed by atoms with Crippen LogP contribution in [-0.4, -0.2) is 56.3 Å². The summed E-state index contributed by atoms with van der Waals surface area (Å²) < 4.78 is 27.9. The molecule has 1 amide bonds. The predicted octanol–water partition coefficient (Wildman–Crippen LogP) is 3.04. The van der Waals surface area contributed by atoms with Gasteiger partial charge in [-0.25, -0.2) is 8.42 Å². The fourth-order valence-electron chi connectivity index (χ4n) is 4.60. The minimum absolute atomic E-state index is 0.169. The zero-order valence-corrected chi connectivity index (χ0v) is 18.9. The Morgan fingerprint density at radius 2 is 1.84 bits per heavy atom. The molecule has 0 saturated heterocycles. The van der Waals surface area contributed by atoms with Gasteiger partial charge in [0.15, 0.2) is 0 Å². The van der Waals surface area contributed by atoms with Crippen LogP contribution in [0.15, 0.2) is 53.4 Å². The molecule has 2 aromatic carbocycles. The topological polar surface area (TPSA) is 69.7 Å². The summed E-state index contributed by atoms with van der Waals surface area (Å²) in [5, 5.41) is 2.94. The molecule has 0 atom stereocenters. The Morgan fingerprint density at radius 1 is 1.10 bits per heavy atom. The van der Waals surface area contributed by atoms with Gasteiger partial charge in [-0.1, -0.05) is 43.2 Å². The number of fused-ring (bicyclic) bond motifs is 1. The fraction of sp³-hybridized carbons (Fsp3) is 0.458. The third-order valence-corrected chi connectivity index (χ3v) is 8.37. The van der Waals surface area contributed by atoms with Crippen molar-refractivity contribution in [3.8, 4) is 0 Å². The van der Waals surface area contributed by atoms with E-state index < -0.39 is 10.0 Å². The average Bonchev–Trinajstić information content (AvgIpc) is 3.34. The van der Waals surface area contributed by atoms with Gasteiger partial charge in [-0.15, -0.1) is 0 Å². The molecule has 4 rings (SSSR count). The zero-order valence-electron chi connectivity index (χ0n) is 18.1. The molecule has 31 heavy (non-hydrogen) atoms. The van der Waals surface area contributed by atoms with Gasteiger partial charge in [-0.05, 0) is 55.6 Å². The SMILES string of the molecule is CN(CCNC(=O)c1cccc(S(=O)(=O)N2CCc3ccccc3C2)c1)C1CCCC1. The highest BCUT2D eigenvalue weighted by molar-refractivity contribution is 7.89. The highest BCUT2D eigenvalue weighted by Gasteiger charge is 2.28. The van der Waals surface area contributed by atoms with Gasteiger partial charge in [0.25, 0.3) is 5.91 Å². The maximum atomic E-state index is 13.2. The quantitative estimate of drug-likeness (QED) is 0.717. The maximum Gasteiger partial charge on any atom is 0.251 e. The lowest BCUT2D eigenvalue weighted by molar-refractivity contribution is 0.0947. The van der Waals surface area contributed by atoms with E-state index in [0.29, 0.717) is 37.7 Å². The summed E-state index contributed by atoms with van der Waals surface area (Å²) >= 11 is 0. The van der Waals surface area contributed by atoms with Crippen LogP contribution < -0.4 is 5.32 Å². The molecule has 0 spiro atoms. The van der Waals surface area contributed by atoms with Crippen LogP contribution in [0.1, 0.15) is 47.2 Å². The minimum atomic E-state index is -3.66. The highest BCUT2D eigenvalue weighted by Crippen LogP contribution is 2.25. The number of rotatable bonds is 7. The van der Waals surface area contributed by atoms with E-state index in [1.54, 1.807) is 18.2 Å². The Bertz CT molecular complexity index is 1030. The van der Waals surface area contributed by atoms with Crippen LogP contribution in [0, 0.1) is 0 Å². The lowest BCUT2D eigenvalue weighted by Crippen LogP contribution is -2.37. The maximum absolute atomic E-state index is 13.2. The molecule has 1 fully saturated rings. The van der Waals surface area contributed by atoms with E-state index >= 15 is 0 Å². The van der Waals surface area contributed by atoms with E-state index in [0.717, 1.165) is 12.1 Å². The van der Waals surface area contributed by atoms with Crippen LogP contribution in [0.25, 0.3) is 0 Å². The van der Waals surface area contributed by atoms with E-state index in [2.05, 4.69) is 17.3 Å². The number of nitrogens with zero attached hydrogens (tertiary/aromatic N) is 2. The minimum Gasteiger partial charge on any atom is -0.351 e. The molecule has 1 heterocycles. The molecule has 166 valence electrons. The number of sulfonamides is 1. The molecule has 1 aliphatic heterocycles. The second-order valence-corrected chi connectivity index (χ2v) is 10.5. The molecule has 0 bridgehead atoms. The first-order valence-electron chi connectivity index (χ1n) is 11.1. The van der Waals surface area contributed by atoms with Crippen molar-refractivity contribution in [1.82, 2.24) is 14.5 Å². The lowest BCUT2D eigenvalue weighted by atomic mass is 10.0. The van der Waals surface area contributed by atoms with Crippen LogP contribution in [0.5, 0.6) is 0 Å². The third-order valence-electron chi connectivity index (χ3n) is 6.53. The lowest BCUT2D eigenvalue weighted by Gasteiger charge is -2.28. The van der Waals surface area contributed by atoms with E-state index in [4.69, 9.17) is 0 Å². The number of carbonyl (C=O) groups is 1. The third kappa shape index (κ3) is 5.00. The van der Waals surface area contributed by atoms with Crippen LogP contribution >= 0.6 is 0 Å². The van der Waals surface area contributed by atoms with Crippen molar-refractivity contribution in [1.29, 1.82) is 0 Å². The van der Waals surface area contributed by atoms with Gasteiger partial charge in [-0.2, -0.15) is 4.31 Å². The Labute approximate surface area is 185 Å². The van der Waals surface area contributed by atoms with Crippen molar-refractivity contribution in [2.45, 2.75) is 49.6 Å². The molecule has 2 aromatic rings. The molecule has 1 saturated carbocycles. The number of amides is 1. The molecule has 6 nitrogen and oxygen atoms in total. The molecule has 0 aromatic heterocycles. The molecular weight excluding hydrogens is 410 g/mol. The average molecular weight is 442 g/mol. The molecule has 0 unspecified atom stereocenters. The standard InChI is InChI=1S/C24H31N3O3S/c1-26(22-10-4-5-11-22)16-14-25-24(28)20-9-6-12-23(17-20)31(29,30)27-15-13-19-7-2-3-8-21(19)18-27/h2-3,6-9,12,17,22H,4-5,10-11,13-16,18H2,1H3,(H,25,28). The summed E-state index contributed by atoms with van der Waals surface area (Å²) in [6, 6.07) is 14.9. The van der Waals surface area contributed by atoms with Crippen molar-refractivity contribution in [2.75, 3.05) is 26.7 Å². The Balaban J connectivity index is 1.39. The summed E-state index contributed by atoms with van der Waals surface area (Å²) in [5.41, 5.74) is 2.62. The number of hydrogen-bond acceptors (Lipinski definition) is 4. The molecular formula is C24H31N3O3S. The number of nitrogens with one attached hydrogen (secondary N) is 1. The predicted molar refractivity (Wildman–Crippen MR) is 121 cm³/mol. The highest BCUT2D eigenvalue weighted by atomic mass is 32.2. The summed E-state index contributed by atoms with van der Waals surface area (Å²) in [6.07, 6.45) is 5.72. The normalized spacial score (nSPS) is 17.6. The first-order chi connectivity index (χ1) is 14.9. The van der Waals surface area contributed by atoms with Crippen molar-refractivity contribution < 1.29 is 13.2 Å². The van der Waals surface area contributed by atoms with Gasteiger partial charge in [0.1, 0.15) is 0 Å². The molecule has 1 aliphatic carbocycles. The summed E-state index contributed by atoms with van der Waals surface area (Å²) in [4.78, 5) is 15.1. The van der Waals surface area contributed by atoms with Crippen LogP contribution in [0.2, 0.25) is 0 Å². The van der Waals surface area contributed by atoms with Gasteiger partial charge in [-0.3, -0.25) is 4.79 Å². The fourth-order valence-corrected chi connectivity index (χ4v) is 6.06.